The predicted molar refractivity (Wildman–Crippen MR) is 114 cm³/mol. The number of nitrogens with one attached hydrogen (secondary N) is 2. The number of ether oxygens (including phenoxy) is 1. The average molecular weight is 409 g/mol. The molecule has 0 radical (unpaired) electrons. The SMILES string of the molecule is CCOC(=O)[C@@H](C)NC(=O)NCc1ccc2c(c1)N(C(=O)c1ccccc1)[C@@H](C)C2. The third-order valence-electron chi connectivity index (χ3n) is 5.05. The first-order valence-corrected chi connectivity index (χ1v) is 10.1. The topological polar surface area (TPSA) is 87.7 Å². The lowest BCUT2D eigenvalue weighted by atomic mass is 10.1. The Morgan fingerprint density at radius 3 is 2.60 bits per heavy atom. The van der Waals surface area contributed by atoms with E-state index in [4.69, 9.17) is 4.74 Å². The Kier molecular flexibility index (Phi) is 6.72. The zero-order valence-corrected chi connectivity index (χ0v) is 17.5. The van der Waals surface area contributed by atoms with Gasteiger partial charge in [-0.05, 0) is 56.5 Å². The van der Waals surface area contributed by atoms with E-state index >= 15 is 0 Å². The zero-order valence-electron chi connectivity index (χ0n) is 17.5. The van der Waals surface area contributed by atoms with Crippen LogP contribution in [0.4, 0.5) is 10.5 Å². The van der Waals surface area contributed by atoms with Crippen LogP contribution in [0.2, 0.25) is 0 Å². The summed E-state index contributed by atoms with van der Waals surface area (Å²) in [5, 5.41) is 5.30. The number of hydrogen-bond donors (Lipinski definition) is 2. The van der Waals surface area contributed by atoms with E-state index in [0.717, 1.165) is 23.2 Å². The van der Waals surface area contributed by atoms with Crippen molar-refractivity contribution in [1.82, 2.24) is 10.6 Å². The van der Waals surface area contributed by atoms with Gasteiger partial charge in [-0.15, -0.1) is 0 Å². The van der Waals surface area contributed by atoms with Crippen molar-refractivity contribution in [2.24, 2.45) is 0 Å². The molecule has 2 aromatic carbocycles. The summed E-state index contributed by atoms with van der Waals surface area (Å²) in [4.78, 5) is 38.6. The van der Waals surface area contributed by atoms with Gasteiger partial charge < -0.3 is 20.3 Å². The summed E-state index contributed by atoms with van der Waals surface area (Å²) >= 11 is 0. The maximum atomic E-state index is 13.0. The third kappa shape index (κ3) is 4.79. The fourth-order valence-corrected chi connectivity index (χ4v) is 3.55. The lowest BCUT2D eigenvalue weighted by Crippen LogP contribution is -2.44. The molecule has 3 amide bonds. The normalized spacial score (nSPS) is 15.8. The first-order valence-electron chi connectivity index (χ1n) is 10.1. The number of fused-ring (bicyclic) bond motifs is 1. The molecule has 0 aromatic heterocycles. The standard InChI is InChI=1S/C23H27N3O4/c1-4-30-22(28)16(3)25-23(29)24-14-17-10-11-19-12-15(2)26(20(19)13-17)21(27)18-8-6-5-7-9-18/h5-11,13,15-16H,4,12,14H2,1-3H3,(H2,24,25,29)/t15-,16+/m0/s1. The Morgan fingerprint density at radius 1 is 1.17 bits per heavy atom. The number of anilines is 1. The van der Waals surface area contributed by atoms with Crippen molar-refractivity contribution in [1.29, 1.82) is 0 Å². The molecule has 7 heteroatoms. The van der Waals surface area contributed by atoms with Crippen LogP contribution in [0.1, 0.15) is 42.3 Å². The van der Waals surface area contributed by atoms with E-state index in [2.05, 4.69) is 10.6 Å². The van der Waals surface area contributed by atoms with Crippen LogP contribution >= 0.6 is 0 Å². The molecule has 1 aliphatic rings. The van der Waals surface area contributed by atoms with Gasteiger partial charge in [-0.2, -0.15) is 0 Å². The Balaban J connectivity index is 1.67. The molecule has 3 rings (SSSR count). The molecule has 1 aliphatic heterocycles. The largest absolute Gasteiger partial charge is 0.464 e. The van der Waals surface area contributed by atoms with Gasteiger partial charge in [-0.1, -0.05) is 30.3 Å². The van der Waals surface area contributed by atoms with E-state index in [1.807, 2.05) is 60.4 Å². The van der Waals surface area contributed by atoms with E-state index in [9.17, 15) is 14.4 Å². The van der Waals surface area contributed by atoms with Gasteiger partial charge in [0.05, 0.1) is 6.61 Å². The number of carbonyl (C=O) groups is 3. The van der Waals surface area contributed by atoms with E-state index in [1.54, 1.807) is 13.8 Å². The van der Waals surface area contributed by atoms with Gasteiger partial charge >= 0.3 is 12.0 Å². The molecule has 0 saturated carbocycles. The number of rotatable bonds is 6. The molecule has 158 valence electrons. The average Bonchev–Trinajstić information content (AvgIpc) is 3.07. The summed E-state index contributed by atoms with van der Waals surface area (Å²) < 4.78 is 4.88. The van der Waals surface area contributed by atoms with Gasteiger partial charge in [-0.25, -0.2) is 9.59 Å². The van der Waals surface area contributed by atoms with E-state index in [-0.39, 0.29) is 25.1 Å². The number of amides is 3. The second-order valence-electron chi connectivity index (χ2n) is 7.36. The highest BCUT2D eigenvalue weighted by atomic mass is 16.5. The first-order chi connectivity index (χ1) is 14.4. The van der Waals surface area contributed by atoms with Crippen LogP contribution in [0.15, 0.2) is 48.5 Å². The molecule has 30 heavy (non-hydrogen) atoms. The lowest BCUT2D eigenvalue weighted by molar-refractivity contribution is -0.144. The van der Waals surface area contributed by atoms with Gasteiger partial charge in [0.1, 0.15) is 6.04 Å². The first kappa shape index (κ1) is 21.4. The Bertz CT molecular complexity index is 929. The molecule has 0 saturated heterocycles. The van der Waals surface area contributed by atoms with Crippen molar-refractivity contribution in [3.05, 3.63) is 65.2 Å². The molecule has 7 nitrogen and oxygen atoms in total. The number of benzene rings is 2. The summed E-state index contributed by atoms with van der Waals surface area (Å²) in [5.74, 6) is -0.512. The molecule has 0 aliphatic carbocycles. The lowest BCUT2D eigenvalue weighted by Gasteiger charge is -2.23. The molecule has 0 fully saturated rings. The van der Waals surface area contributed by atoms with Crippen LogP contribution in [0.25, 0.3) is 0 Å². The molecule has 0 bridgehead atoms. The second kappa shape index (κ2) is 9.43. The number of esters is 1. The maximum absolute atomic E-state index is 13.0. The van der Waals surface area contributed by atoms with Crippen molar-refractivity contribution < 1.29 is 19.1 Å². The van der Waals surface area contributed by atoms with Crippen LogP contribution in [0, 0.1) is 0 Å². The molecule has 2 atom stereocenters. The molecular formula is C23H27N3O4. The Hall–Kier alpha value is -3.35. The smallest absolute Gasteiger partial charge is 0.328 e. The minimum absolute atomic E-state index is 0.0343. The highest BCUT2D eigenvalue weighted by Gasteiger charge is 2.31. The number of nitrogens with zero attached hydrogens (tertiary/aromatic N) is 1. The van der Waals surface area contributed by atoms with Crippen molar-refractivity contribution >= 4 is 23.6 Å². The van der Waals surface area contributed by atoms with Gasteiger partial charge in [0.25, 0.3) is 5.91 Å². The van der Waals surface area contributed by atoms with Gasteiger partial charge in [-0.3, -0.25) is 4.79 Å². The zero-order chi connectivity index (χ0) is 21.7. The fraction of sp³-hybridized carbons (Fsp3) is 0.348. The van der Waals surface area contributed by atoms with Crippen molar-refractivity contribution in [3.8, 4) is 0 Å². The van der Waals surface area contributed by atoms with Gasteiger partial charge in [0, 0.05) is 23.8 Å². The molecule has 0 unspecified atom stereocenters. The summed E-state index contributed by atoms with van der Waals surface area (Å²) in [5.41, 5.74) is 3.49. The summed E-state index contributed by atoms with van der Waals surface area (Å²) in [6.45, 7) is 5.85. The quantitative estimate of drug-likeness (QED) is 0.718. The van der Waals surface area contributed by atoms with Crippen molar-refractivity contribution in [3.63, 3.8) is 0 Å². The molecule has 2 aromatic rings. The molecule has 2 N–H and O–H groups in total. The summed E-state index contributed by atoms with van der Waals surface area (Å²) in [7, 11) is 0. The molecule has 0 spiro atoms. The minimum Gasteiger partial charge on any atom is -0.464 e. The van der Waals surface area contributed by atoms with Crippen molar-refractivity contribution in [2.45, 2.75) is 45.8 Å². The summed E-state index contributed by atoms with van der Waals surface area (Å²) in [6, 6.07) is 14.0. The Labute approximate surface area is 176 Å². The van der Waals surface area contributed by atoms with Crippen LogP contribution < -0.4 is 15.5 Å². The highest BCUT2D eigenvalue weighted by molar-refractivity contribution is 6.07. The van der Waals surface area contributed by atoms with Crippen molar-refractivity contribution in [2.75, 3.05) is 11.5 Å². The monoisotopic (exact) mass is 409 g/mol. The highest BCUT2D eigenvalue weighted by Crippen LogP contribution is 2.34. The number of hydrogen-bond acceptors (Lipinski definition) is 4. The van der Waals surface area contributed by atoms with E-state index in [0.29, 0.717) is 5.56 Å². The summed E-state index contributed by atoms with van der Waals surface area (Å²) in [6.07, 6.45) is 0.791. The number of urea groups is 1. The van der Waals surface area contributed by atoms with Crippen LogP contribution in [-0.2, 0) is 22.5 Å². The number of carbonyl (C=O) groups excluding carboxylic acids is 3. The van der Waals surface area contributed by atoms with E-state index < -0.39 is 18.0 Å². The Morgan fingerprint density at radius 2 is 1.90 bits per heavy atom. The fourth-order valence-electron chi connectivity index (χ4n) is 3.55. The third-order valence-corrected chi connectivity index (χ3v) is 5.05. The van der Waals surface area contributed by atoms with Crippen LogP contribution in [-0.4, -0.2) is 36.6 Å². The van der Waals surface area contributed by atoms with Gasteiger partial charge in [0.15, 0.2) is 0 Å². The van der Waals surface area contributed by atoms with Crippen LogP contribution in [0.3, 0.4) is 0 Å². The van der Waals surface area contributed by atoms with Crippen LogP contribution in [0.5, 0.6) is 0 Å². The minimum atomic E-state index is -0.732. The second-order valence-corrected chi connectivity index (χ2v) is 7.36. The predicted octanol–water partition coefficient (Wildman–Crippen LogP) is 3.03. The maximum Gasteiger partial charge on any atom is 0.328 e. The van der Waals surface area contributed by atoms with E-state index in [1.165, 1.54) is 0 Å². The molecule has 1 heterocycles. The molecular weight excluding hydrogens is 382 g/mol. The van der Waals surface area contributed by atoms with Gasteiger partial charge in [0.2, 0.25) is 0 Å².